The number of hydrogen-bond acceptors (Lipinski definition) is 4. The van der Waals surface area contributed by atoms with Gasteiger partial charge in [-0.05, 0) is 49.9 Å². The highest BCUT2D eigenvalue weighted by Crippen LogP contribution is 2.33. The van der Waals surface area contributed by atoms with Gasteiger partial charge in [0.05, 0.1) is 17.0 Å². The minimum atomic E-state index is -0.640. The van der Waals surface area contributed by atoms with Gasteiger partial charge in [0.25, 0.3) is 11.5 Å². The molecule has 3 heterocycles. The molecule has 2 aromatic heterocycles. The number of piperidine rings is 1. The van der Waals surface area contributed by atoms with Gasteiger partial charge in [-0.3, -0.25) is 19.1 Å². The fraction of sp³-hybridized carbons (Fsp3) is 0.333. The van der Waals surface area contributed by atoms with Crippen molar-refractivity contribution in [3.05, 3.63) is 73.8 Å². The molecule has 8 heteroatoms. The molecule has 1 aliphatic rings. The van der Waals surface area contributed by atoms with E-state index in [2.05, 4.69) is 9.97 Å². The highest BCUT2D eigenvalue weighted by atomic mass is 19.1. The van der Waals surface area contributed by atoms with Crippen LogP contribution >= 0.6 is 0 Å². The highest BCUT2D eigenvalue weighted by Gasteiger charge is 2.31. The second-order valence-electron chi connectivity index (χ2n) is 7.39. The molecule has 7 nitrogen and oxygen atoms in total. The molecule has 1 atom stereocenters. The number of carbonyl (C=O) groups excluding carboxylic acids is 1. The van der Waals surface area contributed by atoms with Crippen LogP contribution in [0, 0.1) is 12.7 Å². The average Bonchev–Trinajstić information content (AvgIpc) is 2.71. The number of aromatic amines is 1. The number of amides is 1. The molecule has 0 spiro atoms. The molecule has 29 heavy (non-hydrogen) atoms. The van der Waals surface area contributed by atoms with Crippen LogP contribution in [-0.2, 0) is 7.05 Å². The Morgan fingerprint density at radius 3 is 2.79 bits per heavy atom. The van der Waals surface area contributed by atoms with E-state index in [1.54, 1.807) is 24.0 Å². The number of aryl methyl sites for hydroxylation is 2. The maximum Gasteiger partial charge on any atom is 0.329 e. The number of hydrogen-bond donors (Lipinski definition) is 1. The summed E-state index contributed by atoms with van der Waals surface area (Å²) >= 11 is 0. The second kappa shape index (κ2) is 7.27. The number of nitrogens with zero attached hydrogens (tertiary/aromatic N) is 3. The molecule has 1 N–H and O–H groups in total. The molecule has 1 aromatic carbocycles. The van der Waals surface area contributed by atoms with E-state index in [9.17, 15) is 18.8 Å². The number of likely N-dealkylation sites (tertiary alicyclic amines) is 1. The quantitative estimate of drug-likeness (QED) is 0.721. The Kier molecular flexibility index (Phi) is 4.77. The molecular formula is C21H21FN4O3. The van der Waals surface area contributed by atoms with Crippen molar-refractivity contribution >= 4 is 16.9 Å². The van der Waals surface area contributed by atoms with Crippen LogP contribution in [-0.4, -0.2) is 31.9 Å². The predicted molar refractivity (Wildman–Crippen MR) is 106 cm³/mol. The predicted octanol–water partition coefficient (Wildman–Crippen LogP) is 2.44. The third-order valence-corrected chi connectivity index (χ3v) is 5.43. The van der Waals surface area contributed by atoms with Crippen LogP contribution < -0.4 is 11.2 Å². The van der Waals surface area contributed by atoms with Crippen molar-refractivity contribution in [3.8, 4) is 0 Å². The van der Waals surface area contributed by atoms with E-state index in [4.69, 9.17) is 0 Å². The van der Waals surface area contributed by atoms with Crippen LogP contribution in [0.4, 0.5) is 4.39 Å². The molecule has 150 valence electrons. The zero-order chi connectivity index (χ0) is 20.7. The summed E-state index contributed by atoms with van der Waals surface area (Å²) in [6, 6.07) is 7.56. The number of aromatic nitrogens is 3. The van der Waals surface area contributed by atoms with E-state index >= 15 is 0 Å². The number of rotatable bonds is 2. The Bertz CT molecular complexity index is 1230. The van der Waals surface area contributed by atoms with Crippen molar-refractivity contribution in [1.82, 2.24) is 19.4 Å². The molecule has 3 aromatic rings. The zero-order valence-corrected chi connectivity index (χ0v) is 16.2. The summed E-state index contributed by atoms with van der Waals surface area (Å²) in [4.78, 5) is 46.3. The van der Waals surface area contributed by atoms with Crippen LogP contribution in [0.3, 0.4) is 0 Å². The fourth-order valence-electron chi connectivity index (χ4n) is 4.02. The fourth-order valence-corrected chi connectivity index (χ4v) is 4.02. The van der Waals surface area contributed by atoms with Gasteiger partial charge in [-0.25, -0.2) is 14.2 Å². The number of benzene rings is 1. The van der Waals surface area contributed by atoms with Gasteiger partial charge in [0.2, 0.25) is 0 Å². The standard InChI is InChI=1S/C21H21FN4O3/c1-12-10-15(17-18(23-12)25(2)21(29)24-19(17)27)20(28)26-9-4-3-8-16(26)13-6-5-7-14(22)11-13/h5-7,10-11,16H,3-4,8-9H2,1-2H3,(H,24,27,29)/t16-/m1/s1. The van der Waals surface area contributed by atoms with E-state index in [1.165, 1.54) is 23.7 Å². The normalized spacial score (nSPS) is 16.9. The van der Waals surface area contributed by atoms with Gasteiger partial charge in [-0.2, -0.15) is 0 Å². The Morgan fingerprint density at radius 1 is 1.24 bits per heavy atom. The summed E-state index contributed by atoms with van der Waals surface area (Å²) in [5.41, 5.74) is 0.400. The summed E-state index contributed by atoms with van der Waals surface area (Å²) < 4.78 is 15.0. The van der Waals surface area contributed by atoms with Gasteiger partial charge in [0.15, 0.2) is 0 Å². The molecule has 0 saturated carbocycles. The molecular weight excluding hydrogens is 375 g/mol. The molecule has 0 bridgehead atoms. The summed E-state index contributed by atoms with van der Waals surface area (Å²) in [7, 11) is 1.50. The smallest absolute Gasteiger partial charge is 0.329 e. The van der Waals surface area contributed by atoms with Crippen molar-refractivity contribution in [3.63, 3.8) is 0 Å². The number of H-pyrrole nitrogens is 1. The number of halogens is 1. The summed E-state index contributed by atoms with van der Waals surface area (Å²) in [6.45, 7) is 2.22. The lowest BCUT2D eigenvalue weighted by molar-refractivity contribution is 0.0613. The number of nitrogens with one attached hydrogen (secondary N) is 1. The van der Waals surface area contributed by atoms with Crippen molar-refractivity contribution in [2.45, 2.75) is 32.2 Å². The third-order valence-electron chi connectivity index (χ3n) is 5.43. The second-order valence-corrected chi connectivity index (χ2v) is 7.39. The van der Waals surface area contributed by atoms with Crippen LogP contribution in [0.5, 0.6) is 0 Å². The van der Waals surface area contributed by atoms with Crippen molar-refractivity contribution in [2.75, 3.05) is 6.54 Å². The van der Waals surface area contributed by atoms with Gasteiger partial charge in [-0.15, -0.1) is 0 Å². The maximum atomic E-state index is 13.8. The van der Waals surface area contributed by atoms with Gasteiger partial charge in [0.1, 0.15) is 11.5 Å². The van der Waals surface area contributed by atoms with Crippen LogP contribution in [0.15, 0.2) is 39.9 Å². The van der Waals surface area contributed by atoms with Crippen molar-refractivity contribution in [2.24, 2.45) is 7.05 Å². The Labute approximate surface area is 165 Å². The van der Waals surface area contributed by atoms with Crippen molar-refractivity contribution < 1.29 is 9.18 Å². The molecule has 0 radical (unpaired) electrons. The maximum absolute atomic E-state index is 13.8. The first kappa shape index (κ1) is 19.0. The lowest BCUT2D eigenvalue weighted by atomic mass is 9.94. The Balaban J connectivity index is 1.87. The van der Waals surface area contributed by atoms with Gasteiger partial charge in [-0.1, -0.05) is 12.1 Å². The third kappa shape index (κ3) is 3.35. The summed E-state index contributed by atoms with van der Waals surface area (Å²) in [5, 5.41) is 0.0891. The SMILES string of the molecule is Cc1cc(C(=O)N2CCCC[C@@H]2c2cccc(F)c2)c2c(=O)[nH]c(=O)n(C)c2n1. The molecule has 1 saturated heterocycles. The molecule has 4 rings (SSSR count). The molecule has 0 unspecified atom stereocenters. The van der Waals surface area contributed by atoms with Crippen LogP contribution in [0.1, 0.15) is 46.9 Å². The van der Waals surface area contributed by atoms with Crippen molar-refractivity contribution in [1.29, 1.82) is 0 Å². The van der Waals surface area contributed by atoms with E-state index < -0.39 is 11.2 Å². The summed E-state index contributed by atoms with van der Waals surface area (Å²) in [6.07, 6.45) is 2.47. The van der Waals surface area contributed by atoms with Gasteiger partial charge < -0.3 is 4.90 Å². The lowest BCUT2D eigenvalue weighted by Gasteiger charge is -2.36. The van der Waals surface area contributed by atoms with Crippen LogP contribution in [0.2, 0.25) is 0 Å². The number of carbonyl (C=O) groups is 1. The molecule has 1 aliphatic heterocycles. The first-order valence-corrected chi connectivity index (χ1v) is 9.54. The van der Waals surface area contributed by atoms with Gasteiger partial charge >= 0.3 is 5.69 Å². The van der Waals surface area contributed by atoms with Crippen LogP contribution in [0.25, 0.3) is 11.0 Å². The highest BCUT2D eigenvalue weighted by molar-refractivity contribution is 6.05. The monoisotopic (exact) mass is 396 g/mol. The average molecular weight is 396 g/mol. The lowest BCUT2D eigenvalue weighted by Crippen LogP contribution is -2.39. The number of fused-ring (bicyclic) bond motifs is 1. The Morgan fingerprint density at radius 2 is 2.03 bits per heavy atom. The van der Waals surface area contributed by atoms with E-state index in [0.29, 0.717) is 18.7 Å². The minimum Gasteiger partial charge on any atom is -0.332 e. The first-order valence-electron chi connectivity index (χ1n) is 9.54. The summed E-state index contributed by atoms with van der Waals surface area (Å²) in [5.74, 6) is -0.671. The van der Waals surface area contributed by atoms with E-state index in [0.717, 1.165) is 18.4 Å². The largest absolute Gasteiger partial charge is 0.332 e. The topological polar surface area (TPSA) is 88.1 Å². The van der Waals surface area contributed by atoms with E-state index in [1.807, 2.05) is 6.07 Å². The van der Waals surface area contributed by atoms with E-state index in [-0.39, 0.29) is 34.4 Å². The molecule has 0 aliphatic carbocycles. The molecule has 1 fully saturated rings. The molecule has 1 amide bonds. The minimum absolute atomic E-state index is 0.0891. The zero-order valence-electron chi connectivity index (χ0n) is 16.2. The Hall–Kier alpha value is -3.29. The van der Waals surface area contributed by atoms with Gasteiger partial charge in [0, 0.05) is 19.3 Å². The number of pyridine rings is 1. The first-order chi connectivity index (χ1) is 13.9.